The quantitative estimate of drug-likeness (QED) is 0.711. The van der Waals surface area contributed by atoms with Gasteiger partial charge < -0.3 is 15.4 Å². The molecule has 3 heteroatoms. The van der Waals surface area contributed by atoms with Gasteiger partial charge in [-0.1, -0.05) is 6.92 Å². The van der Waals surface area contributed by atoms with Crippen molar-refractivity contribution in [3.05, 3.63) is 23.8 Å². The number of anilines is 1. The van der Waals surface area contributed by atoms with E-state index in [1.54, 1.807) is 7.11 Å². The van der Waals surface area contributed by atoms with E-state index >= 15 is 0 Å². The van der Waals surface area contributed by atoms with E-state index in [-0.39, 0.29) is 0 Å². The van der Waals surface area contributed by atoms with Gasteiger partial charge in [-0.3, -0.25) is 0 Å². The molecule has 0 radical (unpaired) electrons. The van der Waals surface area contributed by atoms with E-state index in [1.165, 1.54) is 24.1 Å². The van der Waals surface area contributed by atoms with Crippen LogP contribution in [0.15, 0.2) is 18.2 Å². The van der Waals surface area contributed by atoms with Gasteiger partial charge >= 0.3 is 0 Å². The van der Waals surface area contributed by atoms with Gasteiger partial charge in [-0.15, -0.1) is 0 Å². The largest absolute Gasteiger partial charge is 0.496 e. The van der Waals surface area contributed by atoms with Gasteiger partial charge in [0.05, 0.1) is 7.11 Å². The van der Waals surface area contributed by atoms with Crippen molar-refractivity contribution in [2.24, 2.45) is 0 Å². The van der Waals surface area contributed by atoms with E-state index in [0.29, 0.717) is 0 Å². The van der Waals surface area contributed by atoms with Gasteiger partial charge in [0.15, 0.2) is 0 Å². The summed E-state index contributed by atoms with van der Waals surface area (Å²) in [5, 5.41) is 6.93. The first-order valence-corrected chi connectivity index (χ1v) is 6.47. The average Bonchev–Trinajstić information content (AvgIpc) is 3.18. The minimum atomic E-state index is 0.791. The Hall–Kier alpha value is -1.22. The number of methoxy groups -OCH3 is 1. The van der Waals surface area contributed by atoms with Crippen LogP contribution in [-0.4, -0.2) is 26.2 Å². The van der Waals surface area contributed by atoms with Crippen LogP contribution < -0.4 is 15.4 Å². The predicted octanol–water partition coefficient (Wildman–Crippen LogP) is 2.42. The van der Waals surface area contributed by atoms with Crippen LogP contribution in [0.3, 0.4) is 0 Å². The molecule has 0 atom stereocenters. The van der Waals surface area contributed by atoms with Crippen LogP contribution in [0.25, 0.3) is 0 Å². The van der Waals surface area contributed by atoms with Crippen molar-refractivity contribution < 1.29 is 4.74 Å². The molecule has 0 aliphatic heterocycles. The van der Waals surface area contributed by atoms with Crippen LogP contribution >= 0.6 is 0 Å². The van der Waals surface area contributed by atoms with E-state index < -0.39 is 0 Å². The number of hydrogen-bond donors (Lipinski definition) is 2. The highest BCUT2D eigenvalue weighted by Gasteiger charge is 2.19. The van der Waals surface area contributed by atoms with Crippen molar-refractivity contribution in [3.8, 4) is 5.75 Å². The molecule has 17 heavy (non-hydrogen) atoms. The summed E-state index contributed by atoms with van der Waals surface area (Å²) in [6.45, 7) is 4.17. The lowest BCUT2D eigenvalue weighted by Gasteiger charge is -2.11. The van der Waals surface area contributed by atoms with Crippen LogP contribution in [0.5, 0.6) is 5.75 Å². The van der Waals surface area contributed by atoms with E-state index in [2.05, 4.69) is 29.7 Å². The van der Waals surface area contributed by atoms with Gasteiger partial charge in [-0.2, -0.15) is 0 Å². The standard InChI is InChI=1S/C14H22N2O/c1-3-11-10-13(6-7-14(11)17-2)16-9-8-15-12-4-5-12/h6-7,10,12,15-16H,3-5,8-9H2,1-2H3. The third kappa shape index (κ3) is 3.63. The SMILES string of the molecule is CCc1cc(NCCNC2CC2)ccc1OC. The Labute approximate surface area is 104 Å². The van der Waals surface area contributed by atoms with Crippen molar-refractivity contribution >= 4 is 5.69 Å². The molecule has 1 aromatic rings. The zero-order valence-electron chi connectivity index (χ0n) is 10.8. The highest BCUT2D eigenvalue weighted by atomic mass is 16.5. The maximum Gasteiger partial charge on any atom is 0.122 e. The second kappa shape index (κ2) is 5.92. The topological polar surface area (TPSA) is 33.3 Å². The maximum atomic E-state index is 5.32. The molecule has 1 fully saturated rings. The fourth-order valence-corrected chi connectivity index (χ4v) is 1.94. The molecule has 0 unspecified atom stereocenters. The van der Waals surface area contributed by atoms with Gasteiger partial charge in [-0.25, -0.2) is 0 Å². The Bertz CT molecular complexity index is 361. The number of ether oxygens (including phenoxy) is 1. The molecular formula is C14H22N2O. The van der Waals surface area contributed by atoms with Crippen LogP contribution in [0, 0.1) is 0 Å². The van der Waals surface area contributed by atoms with Crippen molar-refractivity contribution in [3.63, 3.8) is 0 Å². The van der Waals surface area contributed by atoms with Crippen LogP contribution in [-0.2, 0) is 6.42 Å². The average molecular weight is 234 g/mol. The highest BCUT2D eigenvalue weighted by Crippen LogP contribution is 2.23. The van der Waals surface area contributed by atoms with Crippen molar-refractivity contribution in [2.75, 3.05) is 25.5 Å². The van der Waals surface area contributed by atoms with Crippen LogP contribution in [0.1, 0.15) is 25.3 Å². The van der Waals surface area contributed by atoms with Gasteiger partial charge in [0.1, 0.15) is 5.75 Å². The smallest absolute Gasteiger partial charge is 0.122 e. The molecule has 3 nitrogen and oxygen atoms in total. The molecule has 94 valence electrons. The normalized spacial score (nSPS) is 14.7. The summed E-state index contributed by atoms with van der Waals surface area (Å²) < 4.78 is 5.32. The first kappa shape index (κ1) is 12.2. The summed E-state index contributed by atoms with van der Waals surface area (Å²) in [6.07, 6.45) is 3.70. The fraction of sp³-hybridized carbons (Fsp3) is 0.571. The number of nitrogens with one attached hydrogen (secondary N) is 2. The third-order valence-electron chi connectivity index (χ3n) is 3.13. The fourth-order valence-electron chi connectivity index (χ4n) is 1.94. The lowest BCUT2D eigenvalue weighted by atomic mass is 10.1. The molecule has 0 saturated heterocycles. The van der Waals surface area contributed by atoms with Crippen LogP contribution in [0.2, 0.25) is 0 Å². The van der Waals surface area contributed by atoms with Gasteiger partial charge in [-0.05, 0) is 43.0 Å². The summed E-state index contributed by atoms with van der Waals surface area (Å²) in [7, 11) is 1.72. The summed E-state index contributed by atoms with van der Waals surface area (Å²) >= 11 is 0. The Balaban J connectivity index is 1.82. The molecule has 2 N–H and O–H groups in total. The molecular weight excluding hydrogens is 212 g/mol. The number of aryl methyl sites for hydroxylation is 1. The molecule has 1 saturated carbocycles. The Morgan fingerprint density at radius 2 is 2.12 bits per heavy atom. The third-order valence-corrected chi connectivity index (χ3v) is 3.13. The van der Waals surface area contributed by atoms with E-state index in [9.17, 15) is 0 Å². The summed E-state index contributed by atoms with van der Waals surface area (Å²) in [4.78, 5) is 0. The highest BCUT2D eigenvalue weighted by molar-refractivity contribution is 5.51. The molecule has 0 amide bonds. The number of rotatable bonds is 7. The van der Waals surface area contributed by atoms with Crippen LogP contribution in [0.4, 0.5) is 5.69 Å². The Kier molecular flexibility index (Phi) is 4.26. The van der Waals surface area contributed by atoms with Gasteiger partial charge in [0.2, 0.25) is 0 Å². The first-order chi connectivity index (χ1) is 8.33. The zero-order valence-corrected chi connectivity index (χ0v) is 10.8. The van der Waals surface area contributed by atoms with Gasteiger partial charge in [0.25, 0.3) is 0 Å². The van der Waals surface area contributed by atoms with E-state index in [0.717, 1.165) is 31.3 Å². The van der Waals surface area contributed by atoms with Crippen molar-refractivity contribution in [1.82, 2.24) is 5.32 Å². The summed E-state index contributed by atoms with van der Waals surface area (Å²) in [5.41, 5.74) is 2.44. The van der Waals surface area contributed by atoms with E-state index in [4.69, 9.17) is 4.74 Å². The molecule has 0 aromatic heterocycles. The maximum absolute atomic E-state index is 5.32. The summed E-state index contributed by atoms with van der Waals surface area (Å²) in [6, 6.07) is 7.08. The molecule has 1 aliphatic rings. The molecule has 1 aliphatic carbocycles. The minimum Gasteiger partial charge on any atom is -0.496 e. The summed E-state index contributed by atoms with van der Waals surface area (Å²) in [5.74, 6) is 0.981. The Morgan fingerprint density at radius 3 is 2.76 bits per heavy atom. The monoisotopic (exact) mass is 234 g/mol. The second-order valence-corrected chi connectivity index (χ2v) is 4.54. The molecule has 2 rings (SSSR count). The molecule has 0 spiro atoms. The second-order valence-electron chi connectivity index (χ2n) is 4.54. The predicted molar refractivity (Wildman–Crippen MR) is 71.9 cm³/mol. The van der Waals surface area contributed by atoms with E-state index in [1.807, 2.05) is 6.07 Å². The first-order valence-electron chi connectivity index (χ1n) is 6.47. The zero-order chi connectivity index (χ0) is 12.1. The lowest BCUT2D eigenvalue weighted by Crippen LogP contribution is -2.23. The number of benzene rings is 1. The Morgan fingerprint density at radius 1 is 1.29 bits per heavy atom. The number of hydrogen-bond acceptors (Lipinski definition) is 3. The van der Waals surface area contributed by atoms with Crippen molar-refractivity contribution in [1.29, 1.82) is 0 Å². The minimum absolute atomic E-state index is 0.791. The molecule has 0 heterocycles. The van der Waals surface area contributed by atoms with Crippen molar-refractivity contribution in [2.45, 2.75) is 32.2 Å². The lowest BCUT2D eigenvalue weighted by molar-refractivity contribution is 0.410. The molecule has 0 bridgehead atoms. The molecule has 1 aromatic carbocycles. The van der Waals surface area contributed by atoms with Gasteiger partial charge in [0, 0.05) is 24.8 Å².